The minimum absolute atomic E-state index is 0.594. The first-order valence-corrected chi connectivity index (χ1v) is 7.36. The molecule has 0 radical (unpaired) electrons. The first kappa shape index (κ1) is 13.2. The lowest BCUT2D eigenvalue weighted by molar-refractivity contribution is 0.794. The summed E-state index contributed by atoms with van der Waals surface area (Å²) in [6, 6.07) is 8.73. The number of nitrogens with zero attached hydrogens (tertiary/aromatic N) is 3. The summed E-state index contributed by atoms with van der Waals surface area (Å²) in [7, 11) is 0. The van der Waals surface area contributed by atoms with E-state index in [-0.39, 0.29) is 0 Å². The first-order valence-electron chi connectivity index (χ1n) is 6.96. The van der Waals surface area contributed by atoms with Gasteiger partial charge in [-0.3, -0.25) is 5.10 Å². The van der Waals surface area contributed by atoms with Gasteiger partial charge in [0.1, 0.15) is 5.82 Å². The van der Waals surface area contributed by atoms with Crippen LogP contribution in [-0.4, -0.2) is 28.0 Å². The quantitative estimate of drug-likeness (QED) is 0.849. The van der Waals surface area contributed by atoms with Crippen LogP contribution in [0, 0.1) is 11.7 Å². The summed E-state index contributed by atoms with van der Waals surface area (Å²) in [6.45, 7) is 5.01. The van der Waals surface area contributed by atoms with Crippen molar-refractivity contribution < 1.29 is 0 Å². The second kappa shape index (κ2) is 5.66. The Morgan fingerprint density at radius 1 is 1.25 bits per heavy atom. The van der Waals surface area contributed by atoms with Crippen LogP contribution in [-0.2, 0) is 6.54 Å². The van der Waals surface area contributed by atoms with Gasteiger partial charge in [-0.05, 0) is 49.7 Å². The van der Waals surface area contributed by atoms with E-state index in [1.807, 2.05) is 6.92 Å². The van der Waals surface area contributed by atoms with Gasteiger partial charge >= 0.3 is 0 Å². The van der Waals surface area contributed by atoms with Crippen molar-refractivity contribution in [2.24, 2.45) is 0 Å². The molecule has 2 N–H and O–H groups in total. The number of rotatable bonds is 4. The zero-order valence-electron chi connectivity index (χ0n) is 11.6. The molecule has 20 heavy (non-hydrogen) atoms. The molecule has 0 aliphatic carbocycles. The van der Waals surface area contributed by atoms with Gasteiger partial charge in [-0.15, -0.1) is 0 Å². The lowest BCUT2D eigenvalue weighted by Crippen LogP contribution is -2.18. The number of aryl methyl sites for hydroxylation is 1. The molecule has 1 aliphatic heterocycles. The molecule has 0 spiro atoms. The first-order chi connectivity index (χ1) is 9.74. The second-order valence-corrected chi connectivity index (χ2v) is 5.49. The highest BCUT2D eigenvalue weighted by atomic mass is 32.1. The van der Waals surface area contributed by atoms with Crippen molar-refractivity contribution in [1.82, 2.24) is 14.9 Å². The number of nitrogens with one attached hydrogen (secondary N) is 2. The monoisotopic (exact) mass is 289 g/mol. The fraction of sp³-hybridized carbons (Fsp3) is 0.429. The van der Waals surface area contributed by atoms with Crippen molar-refractivity contribution >= 4 is 17.9 Å². The van der Waals surface area contributed by atoms with E-state index in [1.165, 1.54) is 37.2 Å². The van der Waals surface area contributed by atoms with Crippen LogP contribution in [0.3, 0.4) is 0 Å². The molecular formula is C14H19N5S. The molecule has 106 valence electrons. The Balaban J connectivity index is 1.65. The molecular weight excluding hydrogens is 270 g/mol. The maximum absolute atomic E-state index is 5.16. The van der Waals surface area contributed by atoms with Gasteiger partial charge < -0.3 is 10.3 Å². The standard InChI is InChI=1S/C14H19N5S/c1-11-16-17-14(20)19(11)15-10-12-4-6-13(7-5-12)18-8-2-3-9-18/h4-7,15H,2-3,8-10H2,1H3,(H,17,20). The Labute approximate surface area is 123 Å². The summed E-state index contributed by atoms with van der Waals surface area (Å²) in [6.07, 6.45) is 2.61. The Morgan fingerprint density at radius 3 is 2.55 bits per heavy atom. The summed E-state index contributed by atoms with van der Waals surface area (Å²) in [5.41, 5.74) is 5.83. The Bertz CT molecular complexity index is 622. The molecule has 0 saturated carbocycles. The van der Waals surface area contributed by atoms with Gasteiger partial charge in [0.2, 0.25) is 4.77 Å². The molecule has 0 bridgehead atoms. The fourth-order valence-electron chi connectivity index (χ4n) is 2.53. The summed E-state index contributed by atoms with van der Waals surface area (Å²) >= 11 is 5.16. The molecule has 6 heteroatoms. The number of aromatic nitrogens is 3. The van der Waals surface area contributed by atoms with Crippen molar-refractivity contribution in [3.63, 3.8) is 0 Å². The maximum atomic E-state index is 5.16. The largest absolute Gasteiger partial charge is 0.372 e. The molecule has 0 amide bonds. The summed E-state index contributed by atoms with van der Waals surface area (Å²) in [5, 5.41) is 6.84. The summed E-state index contributed by atoms with van der Waals surface area (Å²) in [5.74, 6) is 0.837. The molecule has 5 nitrogen and oxygen atoms in total. The van der Waals surface area contributed by atoms with E-state index in [0.717, 1.165) is 12.4 Å². The molecule has 1 saturated heterocycles. The smallest absolute Gasteiger partial charge is 0.214 e. The van der Waals surface area contributed by atoms with Gasteiger partial charge in [0.25, 0.3) is 0 Å². The molecule has 0 atom stereocenters. The van der Waals surface area contributed by atoms with E-state index < -0.39 is 0 Å². The van der Waals surface area contributed by atoms with Crippen LogP contribution in [0.5, 0.6) is 0 Å². The molecule has 1 fully saturated rings. The van der Waals surface area contributed by atoms with Crippen molar-refractivity contribution in [3.8, 4) is 0 Å². The van der Waals surface area contributed by atoms with Gasteiger partial charge in [-0.25, -0.2) is 4.68 Å². The molecule has 1 aromatic heterocycles. The number of anilines is 1. The molecule has 2 heterocycles. The third-order valence-electron chi connectivity index (χ3n) is 3.69. The predicted molar refractivity (Wildman–Crippen MR) is 83.1 cm³/mol. The maximum Gasteiger partial charge on any atom is 0.214 e. The van der Waals surface area contributed by atoms with Gasteiger partial charge in [-0.1, -0.05) is 12.1 Å². The zero-order valence-corrected chi connectivity index (χ0v) is 12.4. The number of hydrogen-bond donors (Lipinski definition) is 2. The van der Waals surface area contributed by atoms with Gasteiger partial charge in [-0.2, -0.15) is 5.10 Å². The van der Waals surface area contributed by atoms with Crippen LogP contribution in [0.4, 0.5) is 5.69 Å². The number of aromatic amines is 1. The topological polar surface area (TPSA) is 48.9 Å². The van der Waals surface area contributed by atoms with Crippen molar-refractivity contribution in [2.75, 3.05) is 23.4 Å². The highest BCUT2D eigenvalue weighted by Gasteiger charge is 2.11. The Morgan fingerprint density at radius 2 is 1.95 bits per heavy atom. The molecule has 2 aromatic rings. The van der Waals surface area contributed by atoms with E-state index >= 15 is 0 Å². The minimum Gasteiger partial charge on any atom is -0.372 e. The van der Waals surface area contributed by atoms with Crippen molar-refractivity contribution in [2.45, 2.75) is 26.3 Å². The summed E-state index contributed by atoms with van der Waals surface area (Å²) < 4.78 is 2.39. The number of H-pyrrole nitrogens is 1. The third-order valence-corrected chi connectivity index (χ3v) is 3.96. The number of benzene rings is 1. The van der Waals surface area contributed by atoms with E-state index in [0.29, 0.717) is 4.77 Å². The Kier molecular flexibility index (Phi) is 3.73. The van der Waals surface area contributed by atoms with Crippen LogP contribution in [0.25, 0.3) is 0 Å². The SMILES string of the molecule is Cc1n[nH]c(=S)n1NCc1ccc(N2CCCC2)cc1. The van der Waals surface area contributed by atoms with Gasteiger partial charge in [0.05, 0.1) is 6.54 Å². The lowest BCUT2D eigenvalue weighted by Gasteiger charge is -2.18. The van der Waals surface area contributed by atoms with Crippen LogP contribution in [0.15, 0.2) is 24.3 Å². The van der Waals surface area contributed by atoms with Crippen LogP contribution >= 0.6 is 12.2 Å². The van der Waals surface area contributed by atoms with E-state index in [4.69, 9.17) is 12.2 Å². The van der Waals surface area contributed by atoms with Crippen LogP contribution < -0.4 is 10.3 Å². The fourth-order valence-corrected chi connectivity index (χ4v) is 2.77. The zero-order chi connectivity index (χ0) is 13.9. The van der Waals surface area contributed by atoms with E-state index in [2.05, 4.69) is 44.8 Å². The average Bonchev–Trinajstić information content (AvgIpc) is 3.09. The second-order valence-electron chi connectivity index (χ2n) is 5.11. The van der Waals surface area contributed by atoms with Gasteiger partial charge in [0, 0.05) is 18.8 Å². The van der Waals surface area contributed by atoms with Crippen LogP contribution in [0.2, 0.25) is 0 Å². The number of hydrogen-bond acceptors (Lipinski definition) is 4. The van der Waals surface area contributed by atoms with Gasteiger partial charge in [0.15, 0.2) is 0 Å². The van der Waals surface area contributed by atoms with E-state index in [9.17, 15) is 0 Å². The van der Waals surface area contributed by atoms with Crippen LogP contribution in [0.1, 0.15) is 24.2 Å². The third kappa shape index (κ3) is 2.70. The summed E-state index contributed by atoms with van der Waals surface area (Å²) in [4.78, 5) is 2.44. The molecule has 1 aromatic carbocycles. The average molecular weight is 289 g/mol. The van der Waals surface area contributed by atoms with Crippen molar-refractivity contribution in [3.05, 3.63) is 40.4 Å². The molecule has 1 aliphatic rings. The lowest BCUT2D eigenvalue weighted by atomic mass is 10.2. The normalized spacial score (nSPS) is 14.8. The highest BCUT2D eigenvalue weighted by Crippen LogP contribution is 2.20. The predicted octanol–water partition coefficient (Wildman–Crippen LogP) is 2.59. The van der Waals surface area contributed by atoms with Crippen molar-refractivity contribution in [1.29, 1.82) is 0 Å². The minimum atomic E-state index is 0.594. The molecule has 3 rings (SSSR count). The Hall–Kier alpha value is -1.82. The van der Waals surface area contributed by atoms with E-state index in [1.54, 1.807) is 4.68 Å². The molecule has 0 unspecified atom stereocenters. The highest BCUT2D eigenvalue weighted by molar-refractivity contribution is 7.71.